The first-order chi connectivity index (χ1) is 12.6. The van der Waals surface area contributed by atoms with Crippen LogP contribution in [0.15, 0.2) is 41.4 Å². The summed E-state index contributed by atoms with van der Waals surface area (Å²) in [5.41, 5.74) is 9.99. The van der Waals surface area contributed by atoms with Gasteiger partial charge in [-0.15, -0.1) is 0 Å². The molecule has 0 saturated carbocycles. The number of nitrogens with one attached hydrogen (secondary N) is 1. The summed E-state index contributed by atoms with van der Waals surface area (Å²) in [5, 5.41) is 3.06. The summed E-state index contributed by atoms with van der Waals surface area (Å²) in [5.74, 6) is 2.66. The van der Waals surface area contributed by atoms with Gasteiger partial charge in [0.15, 0.2) is 12.1 Å². The van der Waals surface area contributed by atoms with Crippen molar-refractivity contribution in [2.75, 3.05) is 12.4 Å². The molecule has 0 saturated heterocycles. The summed E-state index contributed by atoms with van der Waals surface area (Å²) in [7, 11) is 1.67. The topological polar surface area (TPSA) is 86.7 Å². The summed E-state index contributed by atoms with van der Waals surface area (Å²) in [6.07, 6.45) is 0.604. The van der Waals surface area contributed by atoms with E-state index >= 15 is 0 Å². The van der Waals surface area contributed by atoms with Gasteiger partial charge in [0.2, 0.25) is 5.95 Å². The summed E-state index contributed by atoms with van der Waals surface area (Å²) in [6, 6.07) is 12.0. The van der Waals surface area contributed by atoms with E-state index in [1.54, 1.807) is 7.11 Å². The molecule has 1 aromatic heterocycles. The minimum Gasteiger partial charge on any atom is -0.497 e. The summed E-state index contributed by atoms with van der Waals surface area (Å²) in [4.78, 5) is 9.31. The third-order valence-electron chi connectivity index (χ3n) is 4.85. The molecule has 5 rings (SSSR count). The largest absolute Gasteiger partial charge is 0.497 e. The predicted octanol–water partition coefficient (Wildman–Crippen LogP) is 2.66. The van der Waals surface area contributed by atoms with E-state index in [-0.39, 0.29) is 12.3 Å². The molecule has 0 radical (unpaired) electrons. The van der Waals surface area contributed by atoms with Crippen LogP contribution in [0, 0.1) is 0 Å². The number of aliphatic imine (C=N–C) groups is 1. The number of anilines is 1. The van der Waals surface area contributed by atoms with Crippen LogP contribution in [0.2, 0.25) is 0 Å². The van der Waals surface area contributed by atoms with Gasteiger partial charge in [0, 0.05) is 17.5 Å². The van der Waals surface area contributed by atoms with Crippen LogP contribution >= 0.6 is 0 Å². The third-order valence-corrected chi connectivity index (χ3v) is 4.85. The number of para-hydroxylation sites is 2. The highest BCUT2D eigenvalue weighted by Crippen LogP contribution is 2.43. The summed E-state index contributed by atoms with van der Waals surface area (Å²) in [6.45, 7) is 2.06. The van der Waals surface area contributed by atoms with E-state index in [0.29, 0.717) is 11.9 Å². The first kappa shape index (κ1) is 15.1. The number of aromatic nitrogens is 2. The molecule has 7 nitrogen and oxygen atoms in total. The van der Waals surface area contributed by atoms with E-state index in [4.69, 9.17) is 15.2 Å². The molecule has 0 fully saturated rings. The van der Waals surface area contributed by atoms with Crippen LogP contribution in [0.3, 0.4) is 0 Å². The quantitative estimate of drug-likeness (QED) is 0.743. The van der Waals surface area contributed by atoms with E-state index in [1.807, 2.05) is 41.0 Å². The molecular weight excluding hydrogens is 330 g/mol. The lowest BCUT2D eigenvalue weighted by molar-refractivity contribution is 0.251. The number of fused-ring (bicyclic) bond motifs is 4. The van der Waals surface area contributed by atoms with E-state index in [1.165, 1.54) is 0 Å². The Balaban J connectivity index is 1.77. The molecule has 132 valence electrons. The van der Waals surface area contributed by atoms with Gasteiger partial charge in [-0.2, -0.15) is 0 Å². The van der Waals surface area contributed by atoms with Crippen molar-refractivity contribution in [2.45, 2.75) is 25.6 Å². The minimum atomic E-state index is -0.368. The lowest BCUT2D eigenvalue weighted by Gasteiger charge is -2.25. The number of guanidine groups is 1. The molecule has 2 aliphatic rings. The number of ether oxygens (including phenoxy) is 2. The second kappa shape index (κ2) is 5.39. The molecule has 0 bridgehead atoms. The monoisotopic (exact) mass is 349 g/mol. The number of methoxy groups -OCH3 is 1. The Morgan fingerprint density at radius 3 is 3.00 bits per heavy atom. The first-order valence-electron chi connectivity index (χ1n) is 8.59. The fraction of sp³-hybridized carbons (Fsp3) is 0.263. The van der Waals surface area contributed by atoms with Gasteiger partial charge >= 0.3 is 0 Å². The van der Waals surface area contributed by atoms with Crippen LogP contribution < -0.4 is 20.5 Å². The number of hydrogen-bond donors (Lipinski definition) is 2. The maximum Gasteiger partial charge on any atom is 0.212 e. The molecule has 7 heteroatoms. The molecule has 0 aliphatic carbocycles. The number of nitrogens with two attached hydrogens (primary N) is 1. The number of hydrogen-bond acceptors (Lipinski definition) is 6. The molecule has 0 unspecified atom stereocenters. The van der Waals surface area contributed by atoms with E-state index < -0.39 is 0 Å². The Morgan fingerprint density at radius 2 is 2.15 bits per heavy atom. The number of nitrogens with zero attached hydrogens (tertiary/aromatic N) is 3. The lowest BCUT2D eigenvalue weighted by Crippen LogP contribution is -2.31. The van der Waals surface area contributed by atoms with Crippen LogP contribution in [0.4, 0.5) is 5.95 Å². The highest BCUT2D eigenvalue weighted by atomic mass is 16.5. The van der Waals surface area contributed by atoms with Gasteiger partial charge in [-0.05, 0) is 31.2 Å². The number of rotatable bonds is 2. The molecule has 2 aliphatic heterocycles. The molecule has 3 heterocycles. The molecule has 0 spiro atoms. The number of imidazole rings is 1. The lowest BCUT2D eigenvalue weighted by atomic mass is 10.0. The van der Waals surface area contributed by atoms with E-state index in [2.05, 4.69) is 22.2 Å². The van der Waals surface area contributed by atoms with Crippen molar-refractivity contribution in [3.05, 3.63) is 47.5 Å². The van der Waals surface area contributed by atoms with Crippen molar-refractivity contribution in [2.24, 2.45) is 10.7 Å². The van der Waals surface area contributed by atoms with E-state index in [9.17, 15) is 0 Å². The molecule has 2 aromatic carbocycles. The molecular formula is C19H19N5O2. The molecule has 0 amide bonds. The SMILES string of the molecule is COc1cc2c(c([C@H]3N=C(N)Nc4nc5ccccc5n43)c1)O[C@@H](C)C2. The van der Waals surface area contributed by atoms with Gasteiger partial charge in [-0.1, -0.05) is 12.1 Å². The van der Waals surface area contributed by atoms with Gasteiger partial charge in [-0.25, -0.2) is 9.98 Å². The predicted molar refractivity (Wildman–Crippen MR) is 99.9 cm³/mol. The van der Waals surface area contributed by atoms with Gasteiger partial charge in [0.05, 0.1) is 18.1 Å². The normalized spacial score (nSPS) is 20.8. The smallest absolute Gasteiger partial charge is 0.212 e. The van der Waals surface area contributed by atoms with Gasteiger partial charge in [0.1, 0.15) is 17.6 Å². The molecule has 26 heavy (non-hydrogen) atoms. The van der Waals surface area contributed by atoms with Crippen LogP contribution in [-0.4, -0.2) is 28.7 Å². The van der Waals surface area contributed by atoms with Gasteiger partial charge in [-0.3, -0.25) is 9.88 Å². The maximum absolute atomic E-state index is 6.11. The van der Waals surface area contributed by atoms with Crippen molar-refractivity contribution < 1.29 is 9.47 Å². The Morgan fingerprint density at radius 1 is 1.31 bits per heavy atom. The zero-order valence-corrected chi connectivity index (χ0v) is 14.6. The van der Waals surface area contributed by atoms with Crippen LogP contribution in [0.5, 0.6) is 11.5 Å². The standard InChI is InChI=1S/C19H19N5O2/c1-10-7-11-8-12(25-2)9-13(16(11)26-10)17-22-18(20)23-19-21-14-5-3-4-6-15(14)24(17)19/h3-6,8-10,17H,7H2,1-2H3,(H3,20,21,22,23)/t10-,17-/m0/s1. The second-order valence-electron chi connectivity index (χ2n) is 6.64. The highest BCUT2D eigenvalue weighted by molar-refractivity contribution is 5.94. The van der Waals surface area contributed by atoms with Crippen molar-refractivity contribution in [1.82, 2.24) is 9.55 Å². The zero-order valence-electron chi connectivity index (χ0n) is 14.6. The first-order valence-corrected chi connectivity index (χ1v) is 8.59. The van der Waals surface area contributed by atoms with Crippen LogP contribution in [-0.2, 0) is 6.42 Å². The minimum absolute atomic E-state index is 0.123. The van der Waals surface area contributed by atoms with Gasteiger partial charge < -0.3 is 15.2 Å². The average molecular weight is 349 g/mol. The van der Waals surface area contributed by atoms with Crippen LogP contribution in [0.1, 0.15) is 24.2 Å². The zero-order chi connectivity index (χ0) is 17.8. The number of benzene rings is 2. The Hall–Kier alpha value is -3.22. The summed E-state index contributed by atoms with van der Waals surface area (Å²) < 4.78 is 13.7. The van der Waals surface area contributed by atoms with Crippen molar-refractivity contribution in [1.29, 1.82) is 0 Å². The Bertz CT molecular complexity index is 1060. The average Bonchev–Trinajstić information content (AvgIpc) is 3.18. The van der Waals surface area contributed by atoms with Crippen molar-refractivity contribution >= 4 is 22.9 Å². The fourth-order valence-electron chi connectivity index (χ4n) is 3.77. The third kappa shape index (κ3) is 2.13. The maximum atomic E-state index is 6.11. The fourth-order valence-corrected chi connectivity index (χ4v) is 3.77. The van der Waals surface area contributed by atoms with E-state index in [0.717, 1.165) is 40.1 Å². The highest BCUT2D eigenvalue weighted by Gasteiger charge is 2.32. The van der Waals surface area contributed by atoms with Crippen molar-refractivity contribution in [3.8, 4) is 11.5 Å². The van der Waals surface area contributed by atoms with Crippen molar-refractivity contribution in [3.63, 3.8) is 0 Å². The van der Waals surface area contributed by atoms with Gasteiger partial charge in [0.25, 0.3) is 0 Å². The molecule has 3 N–H and O–H groups in total. The second-order valence-corrected chi connectivity index (χ2v) is 6.64. The molecule has 3 aromatic rings. The van der Waals surface area contributed by atoms with Crippen LogP contribution in [0.25, 0.3) is 11.0 Å². The summed E-state index contributed by atoms with van der Waals surface area (Å²) >= 11 is 0. The Kier molecular flexibility index (Phi) is 3.12. The Labute approximate surface area is 150 Å². The molecule has 2 atom stereocenters.